The van der Waals surface area contributed by atoms with Crippen LogP contribution < -0.4 is 4.74 Å². The molecule has 98 valence electrons. The van der Waals surface area contributed by atoms with Crippen LogP contribution in [0.25, 0.3) is 0 Å². The molecule has 2 aromatic rings. The molecule has 0 amide bonds. The van der Waals surface area contributed by atoms with Gasteiger partial charge in [-0.1, -0.05) is 47.5 Å². The van der Waals surface area contributed by atoms with Crippen molar-refractivity contribution in [3.8, 4) is 5.75 Å². The molecule has 0 saturated heterocycles. The summed E-state index contributed by atoms with van der Waals surface area (Å²) in [6.45, 7) is 1.88. The number of rotatable bonds is 3. The number of aryl methyl sites for hydroxylation is 1. The van der Waals surface area contributed by atoms with Gasteiger partial charge in [-0.3, -0.25) is 4.79 Å². The van der Waals surface area contributed by atoms with E-state index in [9.17, 15) is 4.79 Å². The van der Waals surface area contributed by atoms with Gasteiger partial charge in [-0.25, -0.2) is 0 Å². The molecule has 4 heteroatoms. The molecule has 0 radical (unpaired) electrons. The minimum absolute atomic E-state index is 0.146. The molecule has 0 aliphatic rings. The van der Waals surface area contributed by atoms with Crippen molar-refractivity contribution in [2.75, 3.05) is 7.11 Å². The number of hydrogen-bond donors (Lipinski definition) is 0. The fourth-order valence-electron chi connectivity index (χ4n) is 1.83. The number of ketones is 1. The summed E-state index contributed by atoms with van der Waals surface area (Å²) >= 11 is 12.2. The highest BCUT2D eigenvalue weighted by Crippen LogP contribution is 2.32. The minimum Gasteiger partial charge on any atom is -0.495 e. The molecule has 0 spiro atoms. The van der Waals surface area contributed by atoms with E-state index in [1.165, 1.54) is 13.2 Å². The van der Waals surface area contributed by atoms with E-state index in [1.807, 2.05) is 25.1 Å². The fraction of sp³-hybridized carbons (Fsp3) is 0.133. The van der Waals surface area contributed by atoms with E-state index < -0.39 is 0 Å². The van der Waals surface area contributed by atoms with E-state index >= 15 is 0 Å². The lowest BCUT2D eigenvalue weighted by Crippen LogP contribution is -2.04. The summed E-state index contributed by atoms with van der Waals surface area (Å²) in [5.41, 5.74) is 1.89. The fourth-order valence-corrected chi connectivity index (χ4v) is 2.31. The van der Waals surface area contributed by atoms with Crippen LogP contribution in [-0.4, -0.2) is 12.9 Å². The Kier molecular flexibility index (Phi) is 4.13. The molecule has 0 aliphatic carbocycles. The van der Waals surface area contributed by atoms with Crippen LogP contribution in [0, 0.1) is 6.92 Å². The second-order valence-electron chi connectivity index (χ2n) is 4.11. The Labute approximate surface area is 121 Å². The molecule has 0 aliphatic heterocycles. The quantitative estimate of drug-likeness (QED) is 0.777. The predicted molar refractivity (Wildman–Crippen MR) is 77.6 cm³/mol. The number of halogens is 2. The molecule has 2 nitrogen and oxygen atoms in total. The minimum atomic E-state index is -0.146. The maximum absolute atomic E-state index is 12.5. The average Bonchev–Trinajstić information content (AvgIpc) is 2.40. The highest BCUT2D eigenvalue weighted by Gasteiger charge is 2.17. The molecule has 0 heterocycles. The first-order chi connectivity index (χ1) is 9.04. The third-order valence-corrected chi connectivity index (χ3v) is 3.48. The Morgan fingerprint density at radius 1 is 1.05 bits per heavy atom. The summed E-state index contributed by atoms with van der Waals surface area (Å²) in [5, 5.41) is 0.693. The number of benzene rings is 2. The Bertz CT molecular complexity index is 636. The summed E-state index contributed by atoms with van der Waals surface area (Å²) in [4.78, 5) is 12.5. The van der Waals surface area contributed by atoms with Crippen molar-refractivity contribution in [3.05, 3.63) is 63.1 Å². The van der Waals surface area contributed by atoms with Crippen molar-refractivity contribution >= 4 is 29.0 Å². The molecule has 0 bridgehead atoms. The van der Waals surface area contributed by atoms with Crippen molar-refractivity contribution in [2.24, 2.45) is 0 Å². The summed E-state index contributed by atoms with van der Waals surface area (Å²) < 4.78 is 5.06. The SMILES string of the molecule is COc1cc(Cl)c(C(=O)c2ccccc2C)cc1Cl. The predicted octanol–water partition coefficient (Wildman–Crippen LogP) is 4.54. The van der Waals surface area contributed by atoms with E-state index in [-0.39, 0.29) is 5.78 Å². The van der Waals surface area contributed by atoms with Crippen LogP contribution in [0.3, 0.4) is 0 Å². The van der Waals surface area contributed by atoms with E-state index in [0.717, 1.165) is 5.56 Å². The van der Waals surface area contributed by atoms with E-state index in [4.69, 9.17) is 27.9 Å². The Morgan fingerprint density at radius 2 is 1.74 bits per heavy atom. The molecule has 0 saturated carbocycles. The molecule has 0 unspecified atom stereocenters. The molecule has 2 rings (SSSR count). The zero-order valence-electron chi connectivity index (χ0n) is 10.5. The summed E-state index contributed by atoms with van der Waals surface area (Å²) in [7, 11) is 1.50. The van der Waals surface area contributed by atoms with Crippen LogP contribution in [0.2, 0.25) is 10.0 Å². The molecule has 2 aromatic carbocycles. The second kappa shape index (κ2) is 5.64. The van der Waals surface area contributed by atoms with Crippen molar-refractivity contribution < 1.29 is 9.53 Å². The second-order valence-corrected chi connectivity index (χ2v) is 4.93. The van der Waals surface area contributed by atoms with Crippen LogP contribution in [0.1, 0.15) is 21.5 Å². The Morgan fingerprint density at radius 3 is 2.37 bits per heavy atom. The Balaban J connectivity index is 2.51. The van der Waals surface area contributed by atoms with Gasteiger partial charge in [-0.15, -0.1) is 0 Å². The summed E-state index contributed by atoms with van der Waals surface area (Å²) in [6.07, 6.45) is 0. The maximum atomic E-state index is 12.5. The molecular weight excluding hydrogens is 283 g/mol. The Hall–Kier alpha value is -1.51. The van der Waals surface area contributed by atoms with E-state index in [0.29, 0.717) is 26.9 Å². The van der Waals surface area contributed by atoms with Crippen molar-refractivity contribution in [3.63, 3.8) is 0 Å². The summed E-state index contributed by atoms with van der Waals surface area (Å²) in [6, 6.07) is 10.4. The van der Waals surface area contributed by atoms with Gasteiger partial charge in [-0.2, -0.15) is 0 Å². The largest absolute Gasteiger partial charge is 0.495 e. The first-order valence-electron chi connectivity index (χ1n) is 5.68. The van der Waals surface area contributed by atoms with Gasteiger partial charge in [0.25, 0.3) is 0 Å². The maximum Gasteiger partial charge on any atom is 0.194 e. The number of methoxy groups -OCH3 is 1. The smallest absolute Gasteiger partial charge is 0.194 e. The van der Waals surface area contributed by atoms with Crippen LogP contribution in [0.15, 0.2) is 36.4 Å². The number of ether oxygens (including phenoxy) is 1. The van der Waals surface area contributed by atoms with Crippen molar-refractivity contribution in [1.29, 1.82) is 0 Å². The molecule has 0 atom stereocenters. The standard InChI is InChI=1S/C15H12Cl2O2/c1-9-5-3-4-6-10(9)15(18)11-7-13(17)14(19-2)8-12(11)16/h3-8H,1-2H3. The van der Waals surface area contributed by atoms with E-state index in [2.05, 4.69) is 0 Å². The van der Waals surface area contributed by atoms with E-state index in [1.54, 1.807) is 12.1 Å². The van der Waals surface area contributed by atoms with Gasteiger partial charge in [0.05, 0.1) is 17.2 Å². The first kappa shape index (κ1) is 13.9. The van der Waals surface area contributed by atoms with Gasteiger partial charge in [0.1, 0.15) is 5.75 Å². The third-order valence-electron chi connectivity index (χ3n) is 2.88. The van der Waals surface area contributed by atoms with Crippen molar-refractivity contribution in [2.45, 2.75) is 6.92 Å². The monoisotopic (exact) mass is 294 g/mol. The normalized spacial score (nSPS) is 10.3. The van der Waals surface area contributed by atoms with Crippen LogP contribution in [-0.2, 0) is 0 Å². The molecule has 0 N–H and O–H groups in total. The number of carbonyl (C=O) groups excluding carboxylic acids is 1. The van der Waals surface area contributed by atoms with Gasteiger partial charge < -0.3 is 4.74 Å². The van der Waals surface area contributed by atoms with Crippen molar-refractivity contribution in [1.82, 2.24) is 0 Å². The van der Waals surface area contributed by atoms with Crippen LogP contribution in [0.4, 0.5) is 0 Å². The highest BCUT2D eigenvalue weighted by atomic mass is 35.5. The molecule has 0 aromatic heterocycles. The number of carbonyl (C=O) groups is 1. The third kappa shape index (κ3) is 2.75. The first-order valence-corrected chi connectivity index (χ1v) is 6.43. The number of hydrogen-bond acceptors (Lipinski definition) is 2. The van der Waals surface area contributed by atoms with Gasteiger partial charge in [-0.05, 0) is 18.6 Å². The molecular formula is C15H12Cl2O2. The van der Waals surface area contributed by atoms with Gasteiger partial charge >= 0.3 is 0 Å². The summed E-state index contributed by atoms with van der Waals surface area (Å²) in [5.74, 6) is 0.306. The van der Waals surface area contributed by atoms with Gasteiger partial charge in [0.15, 0.2) is 5.78 Å². The van der Waals surface area contributed by atoms with Gasteiger partial charge in [0.2, 0.25) is 0 Å². The van der Waals surface area contributed by atoms with Crippen LogP contribution in [0.5, 0.6) is 5.75 Å². The lowest BCUT2D eigenvalue weighted by Gasteiger charge is -2.09. The lowest BCUT2D eigenvalue weighted by molar-refractivity contribution is 0.103. The highest BCUT2D eigenvalue weighted by molar-refractivity contribution is 6.37. The van der Waals surface area contributed by atoms with Crippen LogP contribution >= 0.6 is 23.2 Å². The average molecular weight is 295 g/mol. The molecule has 19 heavy (non-hydrogen) atoms. The topological polar surface area (TPSA) is 26.3 Å². The molecule has 0 fully saturated rings. The zero-order chi connectivity index (χ0) is 14.0. The lowest BCUT2D eigenvalue weighted by atomic mass is 9.99. The van der Waals surface area contributed by atoms with Gasteiger partial charge in [0, 0.05) is 17.2 Å². The zero-order valence-corrected chi connectivity index (χ0v) is 12.0.